The van der Waals surface area contributed by atoms with Gasteiger partial charge in [0, 0.05) is 6.21 Å². The summed E-state index contributed by atoms with van der Waals surface area (Å²) in [7, 11) is 0. The summed E-state index contributed by atoms with van der Waals surface area (Å²) in [5.74, 6) is -2.48. The molecule has 2 fully saturated rings. The van der Waals surface area contributed by atoms with Crippen molar-refractivity contribution in [3.63, 3.8) is 0 Å². The van der Waals surface area contributed by atoms with Crippen LogP contribution in [0, 0.1) is 5.92 Å². The number of ether oxygens (including phenoxy) is 1. The number of rotatable bonds is 5. The molecule has 2 N–H and O–H groups in total. The highest BCUT2D eigenvalue weighted by Gasteiger charge is 2.41. The number of aliphatic imine (C=N–C) groups is 1. The number of hydrogen-bond donors (Lipinski definition) is 2. The van der Waals surface area contributed by atoms with Crippen molar-refractivity contribution in [2.45, 2.75) is 0 Å². The highest BCUT2D eigenvalue weighted by atomic mass is 35.5. The minimum Gasteiger partial charge on any atom is -0.370 e. The van der Waals surface area contributed by atoms with Crippen LogP contribution in [0.4, 0.5) is 10.5 Å². The summed E-state index contributed by atoms with van der Waals surface area (Å²) < 4.78 is 5.30. The first-order valence-corrected chi connectivity index (χ1v) is 8.80. The standard InChI is InChI=1S/C17H19ClN4O4/c18-13-3-1-2-4-14(13)22-16(24)12(15(23)20-17(22)25)11-19-5-6-21-7-9-26-10-8-21/h1-4,11-12H,5-10H2,(H,20,23,25)/p+1/t12-/m1/s1. The maximum absolute atomic E-state index is 12.7. The molecule has 2 heterocycles. The number of amides is 4. The Labute approximate surface area is 155 Å². The Kier molecular flexibility index (Phi) is 5.97. The molecular weight excluding hydrogens is 360 g/mol. The average molecular weight is 380 g/mol. The van der Waals surface area contributed by atoms with Crippen LogP contribution in [-0.4, -0.2) is 63.5 Å². The first-order chi connectivity index (χ1) is 12.6. The van der Waals surface area contributed by atoms with Gasteiger partial charge in [-0.15, -0.1) is 0 Å². The van der Waals surface area contributed by atoms with E-state index >= 15 is 0 Å². The molecule has 2 aliphatic heterocycles. The number of hydrogen-bond acceptors (Lipinski definition) is 5. The zero-order valence-corrected chi connectivity index (χ0v) is 14.9. The molecule has 1 aromatic rings. The lowest BCUT2D eigenvalue weighted by Gasteiger charge is -2.29. The van der Waals surface area contributed by atoms with Gasteiger partial charge in [-0.1, -0.05) is 23.7 Å². The number of quaternary nitrogens is 1. The van der Waals surface area contributed by atoms with Gasteiger partial charge in [0.25, 0.3) is 5.91 Å². The van der Waals surface area contributed by atoms with Crippen LogP contribution in [0.1, 0.15) is 0 Å². The molecule has 0 unspecified atom stereocenters. The minimum atomic E-state index is -1.15. The van der Waals surface area contributed by atoms with E-state index in [4.69, 9.17) is 16.3 Å². The Morgan fingerprint density at radius 3 is 2.73 bits per heavy atom. The lowest BCUT2D eigenvalue weighted by atomic mass is 10.1. The third-order valence-corrected chi connectivity index (χ3v) is 4.66. The van der Waals surface area contributed by atoms with Crippen molar-refractivity contribution in [2.24, 2.45) is 10.9 Å². The van der Waals surface area contributed by atoms with Crippen molar-refractivity contribution in [2.75, 3.05) is 44.3 Å². The number of urea groups is 1. The molecule has 2 saturated heterocycles. The quantitative estimate of drug-likeness (QED) is 0.534. The van der Waals surface area contributed by atoms with E-state index in [9.17, 15) is 14.4 Å². The Morgan fingerprint density at radius 2 is 2.00 bits per heavy atom. The van der Waals surface area contributed by atoms with Gasteiger partial charge in [0.05, 0.1) is 37.0 Å². The second-order valence-corrected chi connectivity index (χ2v) is 6.47. The van der Waals surface area contributed by atoms with E-state index in [0.717, 1.165) is 37.7 Å². The second-order valence-electron chi connectivity index (χ2n) is 6.06. The maximum Gasteiger partial charge on any atom is 0.335 e. The molecule has 9 heteroatoms. The summed E-state index contributed by atoms with van der Waals surface area (Å²) in [6.45, 7) is 4.61. The summed E-state index contributed by atoms with van der Waals surface area (Å²) in [6.07, 6.45) is 1.31. The van der Waals surface area contributed by atoms with Crippen molar-refractivity contribution in [3.05, 3.63) is 29.3 Å². The lowest BCUT2D eigenvalue weighted by molar-refractivity contribution is -0.906. The smallest absolute Gasteiger partial charge is 0.335 e. The molecule has 0 bridgehead atoms. The minimum absolute atomic E-state index is 0.236. The van der Waals surface area contributed by atoms with Crippen LogP contribution in [0.15, 0.2) is 29.3 Å². The van der Waals surface area contributed by atoms with Crippen LogP contribution in [0.25, 0.3) is 0 Å². The number of morpholine rings is 1. The molecule has 0 radical (unpaired) electrons. The van der Waals surface area contributed by atoms with E-state index < -0.39 is 23.8 Å². The fourth-order valence-electron chi connectivity index (χ4n) is 2.90. The topological polar surface area (TPSA) is 92.5 Å². The van der Waals surface area contributed by atoms with Crippen LogP contribution in [-0.2, 0) is 14.3 Å². The molecule has 0 aliphatic carbocycles. The monoisotopic (exact) mass is 379 g/mol. The van der Waals surface area contributed by atoms with Crippen LogP contribution >= 0.6 is 11.6 Å². The van der Waals surface area contributed by atoms with Gasteiger partial charge < -0.3 is 9.64 Å². The second kappa shape index (κ2) is 8.39. The van der Waals surface area contributed by atoms with Crippen LogP contribution in [0.3, 0.4) is 0 Å². The number of barbiturate groups is 1. The SMILES string of the molecule is O=C1NC(=O)N(c2ccccc2Cl)C(=O)[C@@H]1C=NCC[NH+]1CCOCC1. The van der Waals surface area contributed by atoms with E-state index in [1.165, 1.54) is 11.1 Å². The molecular formula is C17H20ClN4O4+. The third kappa shape index (κ3) is 4.09. The Morgan fingerprint density at radius 1 is 1.27 bits per heavy atom. The molecule has 2 aliphatic rings. The first-order valence-electron chi connectivity index (χ1n) is 8.42. The molecule has 0 saturated carbocycles. The summed E-state index contributed by atoms with van der Waals surface area (Å²) in [6, 6.07) is 5.66. The fraction of sp³-hybridized carbons (Fsp3) is 0.412. The number of carbonyl (C=O) groups excluding carboxylic acids is 3. The Balaban J connectivity index is 1.67. The van der Waals surface area contributed by atoms with Crippen molar-refractivity contribution >= 4 is 41.3 Å². The molecule has 1 aromatic carbocycles. The highest BCUT2D eigenvalue weighted by Crippen LogP contribution is 2.27. The lowest BCUT2D eigenvalue weighted by Crippen LogP contribution is -3.14. The van der Waals surface area contributed by atoms with Crippen LogP contribution < -0.4 is 15.1 Å². The van der Waals surface area contributed by atoms with E-state index in [0.29, 0.717) is 6.54 Å². The molecule has 4 amide bonds. The summed E-state index contributed by atoms with van der Waals surface area (Å²) in [4.78, 5) is 43.3. The number of carbonyl (C=O) groups is 3. The third-order valence-electron chi connectivity index (χ3n) is 4.34. The van der Waals surface area contributed by atoms with Gasteiger partial charge in [-0.2, -0.15) is 0 Å². The molecule has 26 heavy (non-hydrogen) atoms. The van der Waals surface area contributed by atoms with Crippen molar-refractivity contribution in [1.29, 1.82) is 0 Å². The van der Waals surface area contributed by atoms with E-state index in [1.807, 2.05) is 0 Å². The van der Waals surface area contributed by atoms with E-state index in [1.54, 1.807) is 24.3 Å². The first kappa shape index (κ1) is 18.5. The number of anilines is 1. The summed E-state index contributed by atoms with van der Waals surface area (Å²) in [5.41, 5.74) is 0.236. The number of benzene rings is 1. The normalized spacial score (nSPS) is 22.1. The average Bonchev–Trinajstić information content (AvgIpc) is 2.63. The Hall–Kier alpha value is -2.29. The van der Waals surface area contributed by atoms with Crippen molar-refractivity contribution in [1.82, 2.24) is 5.32 Å². The number of imide groups is 2. The summed E-state index contributed by atoms with van der Waals surface area (Å²) >= 11 is 6.08. The van der Waals surface area contributed by atoms with Gasteiger partial charge in [0.1, 0.15) is 13.1 Å². The van der Waals surface area contributed by atoms with Crippen molar-refractivity contribution < 1.29 is 24.0 Å². The van der Waals surface area contributed by atoms with Gasteiger partial charge >= 0.3 is 6.03 Å². The zero-order chi connectivity index (χ0) is 18.5. The summed E-state index contributed by atoms with van der Waals surface area (Å²) in [5, 5.41) is 2.43. The van der Waals surface area contributed by atoms with Gasteiger partial charge in [0.2, 0.25) is 5.91 Å². The number of nitrogens with zero attached hydrogens (tertiary/aromatic N) is 2. The predicted octanol–water partition coefficient (Wildman–Crippen LogP) is -0.475. The highest BCUT2D eigenvalue weighted by molar-refractivity contribution is 6.38. The van der Waals surface area contributed by atoms with E-state index in [2.05, 4.69) is 10.3 Å². The van der Waals surface area contributed by atoms with Crippen LogP contribution in [0.2, 0.25) is 5.02 Å². The fourth-order valence-corrected chi connectivity index (χ4v) is 3.12. The molecule has 138 valence electrons. The number of nitrogens with one attached hydrogen (secondary N) is 2. The van der Waals surface area contributed by atoms with Gasteiger partial charge in [-0.3, -0.25) is 19.9 Å². The number of halogens is 1. The molecule has 3 rings (SSSR count). The zero-order valence-electron chi connectivity index (χ0n) is 14.1. The van der Waals surface area contributed by atoms with Crippen LogP contribution in [0.5, 0.6) is 0 Å². The Bertz CT molecular complexity index is 733. The molecule has 0 aromatic heterocycles. The van der Waals surface area contributed by atoms with Crippen molar-refractivity contribution in [3.8, 4) is 0 Å². The predicted molar refractivity (Wildman–Crippen MR) is 95.7 cm³/mol. The van der Waals surface area contributed by atoms with Gasteiger partial charge in [0.15, 0.2) is 5.92 Å². The molecule has 8 nitrogen and oxygen atoms in total. The molecule has 1 atom stereocenters. The van der Waals surface area contributed by atoms with Gasteiger partial charge in [-0.25, -0.2) is 9.69 Å². The molecule has 0 spiro atoms. The largest absolute Gasteiger partial charge is 0.370 e. The number of para-hydroxylation sites is 1. The maximum atomic E-state index is 12.7. The van der Waals surface area contributed by atoms with E-state index in [-0.39, 0.29) is 10.7 Å². The van der Waals surface area contributed by atoms with Gasteiger partial charge in [-0.05, 0) is 12.1 Å².